The molecule has 2 amide bonds. The van der Waals surface area contributed by atoms with Crippen molar-refractivity contribution in [2.24, 2.45) is 13.0 Å². The summed E-state index contributed by atoms with van der Waals surface area (Å²) in [6.45, 7) is 2.06. The smallest absolute Gasteiger partial charge is 0.256 e. The Labute approximate surface area is 206 Å². The Morgan fingerprint density at radius 3 is 2.06 bits per heavy atom. The Kier molecular flexibility index (Phi) is 7.49. The van der Waals surface area contributed by atoms with Crippen LogP contribution in [0.4, 0.5) is 0 Å². The number of hydrogen-bond acceptors (Lipinski definition) is 3. The molecule has 4 rings (SSSR count). The van der Waals surface area contributed by atoms with Crippen molar-refractivity contribution < 1.29 is 9.59 Å². The summed E-state index contributed by atoms with van der Waals surface area (Å²) in [5.41, 5.74) is 2.94. The highest BCUT2D eigenvalue weighted by molar-refractivity contribution is 5.97. The average Bonchev–Trinajstić information content (AvgIpc) is 2.85. The van der Waals surface area contributed by atoms with Crippen molar-refractivity contribution in [3.05, 3.63) is 106 Å². The molecule has 0 aliphatic heterocycles. The summed E-state index contributed by atoms with van der Waals surface area (Å²) in [6.07, 6.45) is 4.46. The van der Waals surface area contributed by atoms with E-state index in [-0.39, 0.29) is 29.2 Å². The number of nitrogens with one attached hydrogen (secondary N) is 1. The molecule has 1 aliphatic carbocycles. The van der Waals surface area contributed by atoms with Crippen LogP contribution in [0.25, 0.3) is 0 Å². The van der Waals surface area contributed by atoms with Gasteiger partial charge in [0.25, 0.3) is 11.5 Å². The second-order valence-electron chi connectivity index (χ2n) is 9.41. The highest BCUT2D eigenvalue weighted by atomic mass is 16.2. The Morgan fingerprint density at radius 1 is 1.03 bits per heavy atom. The van der Waals surface area contributed by atoms with Crippen LogP contribution in [0.2, 0.25) is 0 Å². The van der Waals surface area contributed by atoms with Gasteiger partial charge in [0.05, 0.1) is 5.56 Å². The van der Waals surface area contributed by atoms with Crippen LogP contribution >= 0.6 is 0 Å². The van der Waals surface area contributed by atoms with E-state index in [4.69, 9.17) is 0 Å². The van der Waals surface area contributed by atoms with E-state index in [0.717, 1.165) is 30.4 Å². The SMILES string of the molecule is CNC(=O)C(C1CCC1)N(CC(c1ccccc1)c1ccccc1)C(=O)c1cc(C)c(=O)n(C)c1. The molecule has 1 aromatic heterocycles. The molecule has 0 spiro atoms. The molecule has 6 heteroatoms. The van der Waals surface area contributed by atoms with Gasteiger partial charge >= 0.3 is 0 Å². The van der Waals surface area contributed by atoms with Gasteiger partial charge in [-0.15, -0.1) is 0 Å². The molecule has 0 saturated heterocycles. The molecule has 6 nitrogen and oxygen atoms in total. The lowest BCUT2D eigenvalue weighted by atomic mass is 9.78. The van der Waals surface area contributed by atoms with Crippen molar-refractivity contribution in [1.82, 2.24) is 14.8 Å². The third kappa shape index (κ3) is 5.21. The van der Waals surface area contributed by atoms with Gasteiger partial charge in [0, 0.05) is 38.3 Å². The highest BCUT2D eigenvalue weighted by Crippen LogP contribution is 2.35. The van der Waals surface area contributed by atoms with Crippen LogP contribution in [0.1, 0.15) is 52.2 Å². The standard InChI is InChI=1S/C29H33N3O3/c1-20-17-24(18-31(3)28(20)34)29(35)32(26(27(33)30-2)23-15-10-16-23)19-25(21-11-6-4-7-12-21)22-13-8-5-9-14-22/h4-9,11-14,17-18,23,25-26H,10,15-16,19H2,1-3H3,(H,30,33). The van der Waals surface area contributed by atoms with Gasteiger partial charge in [-0.2, -0.15) is 0 Å². The fourth-order valence-corrected chi connectivity index (χ4v) is 4.97. The number of nitrogens with zero attached hydrogens (tertiary/aromatic N) is 2. The molecule has 1 unspecified atom stereocenters. The van der Waals surface area contributed by atoms with Gasteiger partial charge in [0.2, 0.25) is 5.91 Å². The first-order valence-electron chi connectivity index (χ1n) is 12.2. The van der Waals surface area contributed by atoms with Gasteiger partial charge in [0.15, 0.2) is 0 Å². The topological polar surface area (TPSA) is 71.4 Å². The molecule has 1 heterocycles. The lowest BCUT2D eigenvalue weighted by molar-refractivity contribution is -0.128. The summed E-state index contributed by atoms with van der Waals surface area (Å²) in [5.74, 6) is -0.382. The van der Waals surface area contributed by atoms with Gasteiger partial charge in [0.1, 0.15) is 6.04 Å². The first kappa shape index (κ1) is 24.5. The summed E-state index contributed by atoms with van der Waals surface area (Å²) >= 11 is 0. The third-order valence-electron chi connectivity index (χ3n) is 7.10. The zero-order chi connectivity index (χ0) is 24.9. The molecule has 1 saturated carbocycles. The fraction of sp³-hybridized carbons (Fsp3) is 0.345. The molecular formula is C29H33N3O3. The predicted molar refractivity (Wildman–Crippen MR) is 137 cm³/mol. The maximum absolute atomic E-state index is 14.1. The normalized spacial score (nSPS) is 14.3. The monoisotopic (exact) mass is 471 g/mol. The van der Waals surface area contributed by atoms with Crippen molar-refractivity contribution in [1.29, 1.82) is 0 Å². The van der Waals surface area contributed by atoms with E-state index in [1.165, 1.54) is 4.57 Å². The summed E-state index contributed by atoms with van der Waals surface area (Å²) in [4.78, 5) is 41.3. The number of benzene rings is 2. The Balaban J connectivity index is 1.82. The molecular weight excluding hydrogens is 438 g/mol. The van der Waals surface area contributed by atoms with Crippen LogP contribution in [0, 0.1) is 12.8 Å². The number of pyridine rings is 1. The summed E-state index contributed by atoms with van der Waals surface area (Å²) < 4.78 is 1.44. The molecule has 1 N–H and O–H groups in total. The van der Waals surface area contributed by atoms with Crippen LogP contribution in [0.5, 0.6) is 0 Å². The quantitative estimate of drug-likeness (QED) is 0.542. The van der Waals surface area contributed by atoms with Crippen molar-refractivity contribution in [2.45, 2.75) is 38.1 Å². The lowest BCUT2D eigenvalue weighted by Gasteiger charge is -2.41. The minimum absolute atomic E-state index is 0.109. The van der Waals surface area contributed by atoms with Crippen LogP contribution in [0.3, 0.4) is 0 Å². The predicted octanol–water partition coefficient (Wildman–Crippen LogP) is 3.88. The summed E-state index contributed by atoms with van der Waals surface area (Å²) in [6, 6.07) is 21.3. The average molecular weight is 472 g/mol. The van der Waals surface area contributed by atoms with Crippen molar-refractivity contribution >= 4 is 11.8 Å². The minimum Gasteiger partial charge on any atom is -0.357 e. The Bertz CT molecular complexity index is 1170. The molecule has 35 heavy (non-hydrogen) atoms. The van der Waals surface area contributed by atoms with Crippen molar-refractivity contribution in [3.8, 4) is 0 Å². The van der Waals surface area contributed by atoms with Gasteiger partial charge in [-0.25, -0.2) is 0 Å². The van der Waals surface area contributed by atoms with Crippen LogP contribution in [0.15, 0.2) is 77.7 Å². The number of carbonyl (C=O) groups is 2. The Hall–Kier alpha value is -3.67. The molecule has 0 bridgehead atoms. The molecule has 0 radical (unpaired) electrons. The van der Waals surface area contributed by atoms with Gasteiger partial charge in [-0.05, 0) is 42.9 Å². The van der Waals surface area contributed by atoms with Crippen LogP contribution in [-0.4, -0.2) is 40.9 Å². The molecule has 182 valence electrons. The lowest BCUT2D eigenvalue weighted by Crippen LogP contribution is -2.55. The molecule has 1 atom stereocenters. The number of aromatic nitrogens is 1. The van der Waals surface area contributed by atoms with E-state index < -0.39 is 6.04 Å². The zero-order valence-corrected chi connectivity index (χ0v) is 20.6. The van der Waals surface area contributed by atoms with E-state index >= 15 is 0 Å². The van der Waals surface area contributed by atoms with E-state index in [2.05, 4.69) is 29.6 Å². The van der Waals surface area contributed by atoms with Gasteiger partial charge in [-0.1, -0.05) is 67.1 Å². The Morgan fingerprint density at radius 2 is 1.60 bits per heavy atom. The number of aryl methyl sites for hydroxylation is 2. The minimum atomic E-state index is -0.575. The van der Waals surface area contributed by atoms with Crippen molar-refractivity contribution in [2.75, 3.05) is 13.6 Å². The summed E-state index contributed by atoms with van der Waals surface area (Å²) in [5, 5.41) is 2.80. The number of rotatable bonds is 8. The first-order chi connectivity index (χ1) is 16.9. The first-order valence-corrected chi connectivity index (χ1v) is 12.2. The number of likely N-dealkylation sites (N-methyl/N-ethyl adjacent to an activating group) is 1. The fourth-order valence-electron chi connectivity index (χ4n) is 4.97. The largest absolute Gasteiger partial charge is 0.357 e. The maximum atomic E-state index is 14.1. The third-order valence-corrected chi connectivity index (χ3v) is 7.10. The second kappa shape index (κ2) is 10.7. The molecule has 3 aromatic rings. The molecule has 1 aliphatic rings. The van der Waals surface area contributed by atoms with E-state index in [1.807, 2.05) is 36.4 Å². The number of hydrogen-bond donors (Lipinski definition) is 1. The number of amides is 2. The van der Waals surface area contributed by atoms with Crippen molar-refractivity contribution in [3.63, 3.8) is 0 Å². The van der Waals surface area contributed by atoms with Crippen LogP contribution in [-0.2, 0) is 11.8 Å². The van der Waals surface area contributed by atoms with E-state index in [0.29, 0.717) is 17.7 Å². The summed E-state index contributed by atoms with van der Waals surface area (Å²) in [7, 11) is 3.27. The molecule has 1 fully saturated rings. The zero-order valence-electron chi connectivity index (χ0n) is 20.6. The van der Waals surface area contributed by atoms with Gasteiger partial charge < -0.3 is 14.8 Å². The van der Waals surface area contributed by atoms with Crippen LogP contribution < -0.4 is 10.9 Å². The maximum Gasteiger partial charge on any atom is 0.256 e. The highest BCUT2D eigenvalue weighted by Gasteiger charge is 2.40. The van der Waals surface area contributed by atoms with Gasteiger partial charge in [-0.3, -0.25) is 14.4 Å². The second-order valence-corrected chi connectivity index (χ2v) is 9.41. The number of carbonyl (C=O) groups excluding carboxylic acids is 2. The van der Waals surface area contributed by atoms with E-state index in [1.54, 1.807) is 38.2 Å². The van der Waals surface area contributed by atoms with E-state index in [9.17, 15) is 14.4 Å². The molecule has 2 aromatic carbocycles.